The molecule has 0 bridgehead atoms. The van der Waals surface area contributed by atoms with E-state index in [1.54, 1.807) is 4.90 Å². The van der Waals surface area contributed by atoms with Crippen LogP contribution >= 0.6 is 0 Å². The maximum atomic E-state index is 12.8. The van der Waals surface area contributed by atoms with Gasteiger partial charge >= 0.3 is 6.09 Å². The van der Waals surface area contributed by atoms with Crippen LogP contribution in [-0.4, -0.2) is 48.2 Å². The Morgan fingerprint density at radius 1 is 1.23 bits per heavy atom. The molecule has 1 saturated heterocycles. The average molecular weight is 311 g/mol. The Balaban J connectivity index is 2.05. The van der Waals surface area contributed by atoms with E-state index in [9.17, 15) is 9.59 Å². The summed E-state index contributed by atoms with van der Waals surface area (Å²) in [5.41, 5.74) is -0.553. The molecule has 2 fully saturated rings. The Bertz CT molecular complexity index is 415. The Hall–Kier alpha value is -1.10. The topological polar surface area (TPSA) is 55.8 Å². The van der Waals surface area contributed by atoms with Crippen LogP contribution < -0.4 is 0 Å². The fraction of sp³-hybridized carbons (Fsp3) is 0.882. The molecule has 3 atom stereocenters. The van der Waals surface area contributed by atoms with Crippen LogP contribution in [0.3, 0.4) is 0 Å². The van der Waals surface area contributed by atoms with E-state index in [0.29, 0.717) is 25.7 Å². The van der Waals surface area contributed by atoms with Gasteiger partial charge in [0, 0.05) is 12.5 Å². The molecular weight excluding hydrogens is 282 g/mol. The van der Waals surface area contributed by atoms with Gasteiger partial charge < -0.3 is 9.47 Å². The van der Waals surface area contributed by atoms with Gasteiger partial charge in [-0.2, -0.15) is 0 Å². The Morgan fingerprint density at radius 2 is 1.95 bits per heavy atom. The largest absolute Gasteiger partial charge is 0.444 e. The molecule has 0 aromatic heterocycles. The molecule has 0 radical (unpaired) electrons. The van der Waals surface area contributed by atoms with Gasteiger partial charge in [-0.15, -0.1) is 0 Å². The molecule has 2 aliphatic rings. The summed E-state index contributed by atoms with van der Waals surface area (Å²) in [6, 6.07) is -0.487. The van der Waals surface area contributed by atoms with Crippen LogP contribution in [-0.2, 0) is 14.3 Å². The molecule has 0 N–H and O–H groups in total. The summed E-state index contributed by atoms with van der Waals surface area (Å²) < 4.78 is 10.9. The average Bonchev–Trinajstić information content (AvgIpc) is 2.44. The standard InChI is InChI=1S/C17H29NO4/c1-12-6-5-7-13(10-12)15(19)14-11-21-9-8-18(14)16(20)22-17(2,3)4/h12-14H,5-11H2,1-4H3. The fourth-order valence-electron chi connectivity index (χ4n) is 3.34. The van der Waals surface area contributed by atoms with Crippen molar-refractivity contribution in [3.63, 3.8) is 0 Å². The quantitative estimate of drug-likeness (QED) is 0.786. The zero-order chi connectivity index (χ0) is 16.3. The van der Waals surface area contributed by atoms with Crippen molar-refractivity contribution in [1.29, 1.82) is 0 Å². The molecule has 22 heavy (non-hydrogen) atoms. The van der Waals surface area contributed by atoms with Crippen LogP contribution in [0.5, 0.6) is 0 Å². The van der Waals surface area contributed by atoms with Crippen LogP contribution in [0, 0.1) is 11.8 Å². The highest BCUT2D eigenvalue weighted by Gasteiger charge is 2.39. The van der Waals surface area contributed by atoms with Crippen LogP contribution in [0.15, 0.2) is 0 Å². The zero-order valence-electron chi connectivity index (χ0n) is 14.3. The number of Topliss-reactive ketones (excluding diaryl/α,β-unsaturated/α-hetero) is 1. The molecule has 0 spiro atoms. The molecule has 3 unspecified atom stereocenters. The number of rotatable bonds is 2. The van der Waals surface area contributed by atoms with E-state index in [1.165, 1.54) is 6.42 Å². The zero-order valence-corrected chi connectivity index (χ0v) is 14.3. The third-order valence-corrected chi connectivity index (χ3v) is 4.42. The predicted octanol–water partition coefficient (Wildman–Crippen LogP) is 3.02. The van der Waals surface area contributed by atoms with Crippen molar-refractivity contribution in [2.45, 2.75) is 65.0 Å². The lowest BCUT2D eigenvalue weighted by Crippen LogP contribution is -2.55. The minimum atomic E-state index is -0.553. The van der Waals surface area contributed by atoms with Gasteiger partial charge in [0.25, 0.3) is 0 Å². The van der Waals surface area contributed by atoms with Crippen molar-refractivity contribution in [1.82, 2.24) is 4.90 Å². The van der Waals surface area contributed by atoms with Crippen molar-refractivity contribution >= 4 is 11.9 Å². The van der Waals surface area contributed by atoms with E-state index < -0.39 is 17.7 Å². The SMILES string of the molecule is CC1CCCC(C(=O)C2COCCN2C(=O)OC(C)(C)C)C1. The van der Waals surface area contributed by atoms with Gasteiger partial charge in [0.05, 0.1) is 13.2 Å². The van der Waals surface area contributed by atoms with E-state index in [2.05, 4.69) is 6.92 Å². The molecule has 1 heterocycles. The lowest BCUT2D eigenvalue weighted by atomic mass is 9.78. The van der Waals surface area contributed by atoms with Gasteiger partial charge in [0.2, 0.25) is 0 Å². The molecule has 1 aliphatic carbocycles. The normalized spacial score (nSPS) is 30.0. The van der Waals surface area contributed by atoms with Gasteiger partial charge in [-0.25, -0.2) is 4.79 Å². The smallest absolute Gasteiger partial charge is 0.411 e. The molecule has 1 amide bonds. The number of nitrogens with zero attached hydrogens (tertiary/aromatic N) is 1. The van der Waals surface area contributed by atoms with Crippen molar-refractivity contribution in [2.75, 3.05) is 19.8 Å². The lowest BCUT2D eigenvalue weighted by Gasteiger charge is -2.38. The number of carbonyl (C=O) groups is 2. The Labute approximate surface area is 133 Å². The first-order chi connectivity index (χ1) is 10.3. The molecule has 0 aromatic rings. The van der Waals surface area contributed by atoms with Crippen LogP contribution in [0.1, 0.15) is 53.4 Å². The van der Waals surface area contributed by atoms with Crippen molar-refractivity contribution < 1.29 is 19.1 Å². The van der Waals surface area contributed by atoms with Gasteiger partial charge in [-0.3, -0.25) is 9.69 Å². The maximum absolute atomic E-state index is 12.8. The number of morpholine rings is 1. The third-order valence-electron chi connectivity index (χ3n) is 4.42. The Kier molecular flexibility index (Phi) is 5.48. The van der Waals surface area contributed by atoms with Gasteiger partial charge in [0.15, 0.2) is 5.78 Å². The van der Waals surface area contributed by atoms with Crippen molar-refractivity contribution in [3.05, 3.63) is 0 Å². The van der Waals surface area contributed by atoms with Crippen LogP contribution in [0.2, 0.25) is 0 Å². The first-order valence-corrected chi connectivity index (χ1v) is 8.39. The summed E-state index contributed by atoms with van der Waals surface area (Å²) in [4.78, 5) is 26.8. The minimum absolute atomic E-state index is 0.0559. The summed E-state index contributed by atoms with van der Waals surface area (Å²) in [6.07, 6.45) is 3.75. The molecule has 1 saturated carbocycles. The number of carbonyl (C=O) groups excluding carboxylic acids is 2. The molecule has 0 aromatic carbocycles. The van der Waals surface area contributed by atoms with E-state index >= 15 is 0 Å². The summed E-state index contributed by atoms with van der Waals surface area (Å²) in [7, 11) is 0. The van der Waals surface area contributed by atoms with Gasteiger partial charge in [-0.05, 0) is 39.5 Å². The number of ether oxygens (including phenoxy) is 2. The molecular formula is C17H29NO4. The predicted molar refractivity (Wildman–Crippen MR) is 83.7 cm³/mol. The monoisotopic (exact) mass is 311 g/mol. The first kappa shape index (κ1) is 17.3. The van der Waals surface area contributed by atoms with Crippen molar-refractivity contribution in [2.24, 2.45) is 11.8 Å². The maximum Gasteiger partial charge on any atom is 0.411 e. The lowest BCUT2D eigenvalue weighted by molar-refractivity contribution is -0.135. The third kappa shape index (κ3) is 4.45. The summed E-state index contributed by atoms with van der Waals surface area (Å²) in [5.74, 6) is 0.791. The fourth-order valence-corrected chi connectivity index (χ4v) is 3.34. The number of hydrogen-bond donors (Lipinski definition) is 0. The van der Waals surface area contributed by atoms with E-state index in [4.69, 9.17) is 9.47 Å². The number of ketones is 1. The molecule has 2 rings (SSSR count). The van der Waals surface area contributed by atoms with Crippen molar-refractivity contribution in [3.8, 4) is 0 Å². The number of hydrogen-bond acceptors (Lipinski definition) is 4. The summed E-state index contributed by atoms with van der Waals surface area (Å²) in [6.45, 7) is 8.89. The molecule has 5 nitrogen and oxygen atoms in total. The minimum Gasteiger partial charge on any atom is -0.444 e. The van der Waals surface area contributed by atoms with E-state index in [-0.39, 0.29) is 11.7 Å². The second kappa shape index (κ2) is 6.99. The van der Waals surface area contributed by atoms with E-state index in [0.717, 1.165) is 19.3 Å². The number of amides is 1. The Morgan fingerprint density at radius 3 is 2.59 bits per heavy atom. The summed E-state index contributed by atoms with van der Waals surface area (Å²) in [5, 5.41) is 0. The summed E-state index contributed by atoms with van der Waals surface area (Å²) >= 11 is 0. The van der Waals surface area contributed by atoms with Gasteiger partial charge in [-0.1, -0.05) is 19.8 Å². The van der Waals surface area contributed by atoms with E-state index in [1.807, 2.05) is 20.8 Å². The highest BCUT2D eigenvalue weighted by molar-refractivity contribution is 5.89. The highest BCUT2D eigenvalue weighted by Crippen LogP contribution is 2.31. The first-order valence-electron chi connectivity index (χ1n) is 8.39. The highest BCUT2D eigenvalue weighted by atomic mass is 16.6. The second-order valence-electron chi connectivity index (χ2n) is 7.64. The van der Waals surface area contributed by atoms with Gasteiger partial charge in [0.1, 0.15) is 11.6 Å². The second-order valence-corrected chi connectivity index (χ2v) is 7.64. The van der Waals surface area contributed by atoms with Crippen LogP contribution in [0.25, 0.3) is 0 Å². The molecule has 5 heteroatoms. The van der Waals surface area contributed by atoms with Crippen LogP contribution in [0.4, 0.5) is 4.79 Å². The molecule has 1 aliphatic heterocycles. The molecule has 126 valence electrons.